The Labute approximate surface area is 169 Å². The zero-order chi connectivity index (χ0) is 19.8. The van der Waals surface area contributed by atoms with Gasteiger partial charge in [-0.3, -0.25) is 14.5 Å². The molecule has 0 radical (unpaired) electrons. The molecule has 1 aromatic carbocycles. The first-order valence-corrected chi connectivity index (χ1v) is 10.1. The maximum absolute atomic E-state index is 12.9. The Balaban J connectivity index is 1.24. The van der Waals surface area contributed by atoms with Crippen LogP contribution in [-0.4, -0.2) is 58.6 Å². The molecule has 0 atom stereocenters. The van der Waals surface area contributed by atoms with E-state index >= 15 is 0 Å². The predicted octanol–water partition coefficient (Wildman–Crippen LogP) is 1.80. The molecule has 3 aliphatic rings. The van der Waals surface area contributed by atoms with Crippen LogP contribution in [0.1, 0.15) is 35.2 Å². The molecule has 1 aromatic heterocycles. The molecule has 2 aromatic rings. The van der Waals surface area contributed by atoms with Gasteiger partial charge in [0, 0.05) is 44.0 Å². The fourth-order valence-corrected chi connectivity index (χ4v) is 4.31. The quantitative estimate of drug-likeness (QED) is 0.791. The van der Waals surface area contributed by atoms with E-state index in [2.05, 4.69) is 5.10 Å². The Kier molecular flexibility index (Phi) is 4.60. The SMILES string of the molecule is O=C(c1ccc(CN2C(=O)CCn3nccc32)cc1)N1CCC2(CC1)OCCO2. The molecule has 152 valence electrons. The standard InChI is InChI=1S/C21H24N4O4/c26-19-6-10-25-18(5-9-22-25)24(19)15-16-1-3-17(4-2-16)20(27)23-11-7-21(8-12-23)28-13-14-29-21/h1-5,9H,6-8,10-15H2. The minimum Gasteiger partial charge on any atom is -0.347 e. The summed E-state index contributed by atoms with van der Waals surface area (Å²) in [6, 6.07) is 9.39. The molecule has 3 aliphatic heterocycles. The van der Waals surface area contributed by atoms with Crippen LogP contribution in [0.2, 0.25) is 0 Å². The molecule has 2 amide bonds. The second-order valence-corrected chi connectivity index (χ2v) is 7.74. The molecule has 0 aliphatic carbocycles. The maximum atomic E-state index is 12.9. The summed E-state index contributed by atoms with van der Waals surface area (Å²) >= 11 is 0. The summed E-state index contributed by atoms with van der Waals surface area (Å²) in [4.78, 5) is 28.8. The number of aryl methyl sites for hydroxylation is 1. The molecule has 8 heteroatoms. The maximum Gasteiger partial charge on any atom is 0.253 e. The first kappa shape index (κ1) is 18.3. The zero-order valence-corrected chi connectivity index (χ0v) is 16.2. The number of benzene rings is 1. The van der Waals surface area contributed by atoms with Gasteiger partial charge in [-0.2, -0.15) is 5.10 Å². The van der Waals surface area contributed by atoms with Gasteiger partial charge in [-0.1, -0.05) is 12.1 Å². The van der Waals surface area contributed by atoms with Gasteiger partial charge >= 0.3 is 0 Å². The van der Waals surface area contributed by atoms with E-state index in [0.717, 1.165) is 11.4 Å². The lowest BCUT2D eigenvalue weighted by Gasteiger charge is -2.37. The average Bonchev–Trinajstić information content (AvgIpc) is 3.41. The number of hydrogen-bond acceptors (Lipinski definition) is 5. The molecule has 4 heterocycles. The van der Waals surface area contributed by atoms with E-state index in [4.69, 9.17) is 9.47 Å². The van der Waals surface area contributed by atoms with Crippen molar-refractivity contribution in [3.8, 4) is 0 Å². The van der Waals surface area contributed by atoms with Crippen LogP contribution in [0.5, 0.6) is 0 Å². The number of carbonyl (C=O) groups excluding carboxylic acids is 2. The molecule has 2 fully saturated rings. The number of amides is 2. The number of hydrogen-bond donors (Lipinski definition) is 0. The van der Waals surface area contributed by atoms with Gasteiger partial charge in [0.15, 0.2) is 5.79 Å². The summed E-state index contributed by atoms with van der Waals surface area (Å²) in [6.45, 7) is 3.63. The highest BCUT2D eigenvalue weighted by Gasteiger charge is 2.40. The first-order chi connectivity index (χ1) is 14.1. The molecule has 8 nitrogen and oxygen atoms in total. The van der Waals surface area contributed by atoms with E-state index in [1.54, 1.807) is 11.1 Å². The largest absolute Gasteiger partial charge is 0.347 e. The van der Waals surface area contributed by atoms with Crippen molar-refractivity contribution in [2.45, 2.75) is 38.1 Å². The van der Waals surface area contributed by atoms with E-state index in [1.165, 1.54) is 0 Å². The van der Waals surface area contributed by atoms with Crippen molar-refractivity contribution in [2.75, 3.05) is 31.2 Å². The van der Waals surface area contributed by atoms with E-state index in [1.807, 2.05) is 39.9 Å². The van der Waals surface area contributed by atoms with Crippen LogP contribution in [0.3, 0.4) is 0 Å². The predicted molar refractivity (Wildman–Crippen MR) is 104 cm³/mol. The van der Waals surface area contributed by atoms with Crippen LogP contribution >= 0.6 is 0 Å². The number of piperidine rings is 1. The normalized spacial score (nSPS) is 20.9. The summed E-state index contributed by atoms with van der Waals surface area (Å²) in [5, 5.41) is 4.25. The molecule has 1 spiro atoms. The van der Waals surface area contributed by atoms with E-state index < -0.39 is 5.79 Å². The van der Waals surface area contributed by atoms with Gasteiger partial charge in [-0.05, 0) is 17.7 Å². The Bertz CT molecular complexity index is 907. The third-order valence-electron chi connectivity index (χ3n) is 5.98. The summed E-state index contributed by atoms with van der Waals surface area (Å²) in [7, 11) is 0. The molecule has 29 heavy (non-hydrogen) atoms. The molecule has 5 rings (SSSR count). The fraction of sp³-hybridized carbons (Fsp3) is 0.476. The third-order valence-corrected chi connectivity index (χ3v) is 5.98. The van der Waals surface area contributed by atoms with Crippen molar-refractivity contribution in [2.24, 2.45) is 0 Å². The number of carbonyl (C=O) groups is 2. The molecule has 0 bridgehead atoms. The Hall–Kier alpha value is -2.71. The van der Waals surface area contributed by atoms with Gasteiger partial charge in [0.25, 0.3) is 5.91 Å². The van der Waals surface area contributed by atoms with Gasteiger partial charge in [0.05, 0.1) is 32.5 Å². The van der Waals surface area contributed by atoms with Crippen LogP contribution < -0.4 is 4.90 Å². The number of likely N-dealkylation sites (tertiary alicyclic amines) is 1. The van der Waals surface area contributed by atoms with Crippen molar-refractivity contribution in [1.29, 1.82) is 0 Å². The molecule has 0 saturated carbocycles. The van der Waals surface area contributed by atoms with Crippen molar-refractivity contribution in [1.82, 2.24) is 14.7 Å². The van der Waals surface area contributed by atoms with Crippen LogP contribution in [0.4, 0.5) is 5.82 Å². The van der Waals surface area contributed by atoms with Crippen LogP contribution in [0, 0.1) is 0 Å². The first-order valence-electron chi connectivity index (χ1n) is 10.1. The number of anilines is 1. The van der Waals surface area contributed by atoms with Gasteiger partial charge < -0.3 is 14.4 Å². The molecular formula is C21H24N4O4. The molecular weight excluding hydrogens is 372 g/mol. The van der Waals surface area contributed by atoms with Crippen LogP contribution in [0.15, 0.2) is 36.5 Å². The second-order valence-electron chi connectivity index (χ2n) is 7.74. The smallest absolute Gasteiger partial charge is 0.253 e. The zero-order valence-electron chi connectivity index (χ0n) is 16.2. The minimum atomic E-state index is -0.478. The van der Waals surface area contributed by atoms with Crippen molar-refractivity contribution in [3.05, 3.63) is 47.7 Å². The number of ether oxygens (including phenoxy) is 2. The lowest BCUT2D eigenvalue weighted by molar-refractivity contribution is -0.181. The van der Waals surface area contributed by atoms with Crippen molar-refractivity contribution < 1.29 is 19.1 Å². The summed E-state index contributed by atoms with van der Waals surface area (Å²) in [6.07, 6.45) is 3.59. The van der Waals surface area contributed by atoms with Gasteiger partial charge in [0.2, 0.25) is 5.91 Å². The Morgan fingerprint density at radius 3 is 2.48 bits per heavy atom. The Morgan fingerprint density at radius 1 is 1.03 bits per heavy atom. The number of fused-ring (bicyclic) bond motifs is 1. The number of nitrogens with zero attached hydrogens (tertiary/aromatic N) is 4. The van der Waals surface area contributed by atoms with E-state index in [9.17, 15) is 9.59 Å². The van der Waals surface area contributed by atoms with Gasteiger partial charge in [-0.15, -0.1) is 0 Å². The van der Waals surface area contributed by atoms with E-state index in [0.29, 0.717) is 64.2 Å². The summed E-state index contributed by atoms with van der Waals surface area (Å²) in [5.41, 5.74) is 1.64. The molecule has 2 saturated heterocycles. The van der Waals surface area contributed by atoms with Crippen molar-refractivity contribution >= 4 is 17.6 Å². The number of aromatic nitrogens is 2. The second kappa shape index (κ2) is 7.27. The fourth-order valence-electron chi connectivity index (χ4n) is 4.31. The summed E-state index contributed by atoms with van der Waals surface area (Å²) < 4.78 is 13.3. The van der Waals surface area contributed by atoms with Crippen molar-refractivity contribution in [3.63, 3.8) is 0 Å². The summed E-state index contributed by atoms with van der Waals surface area (Å²) in [5.74, 6) is 0.460. The van der Waals surface area contributed by atoms with Crippen LogP contribution in [-0.2, 0) is 27.4 Å². The molecule has 0 unspecified atom stereocenters. The average molecular weight is 396 g/mol. The number of rotatable bonds is 3. The highest BCUT2D eigenvalue weighted by atomic mass is 16.7. The van der Waals surface area contributed by atoms with Gasteiger partial charge in [-0.25, -0.2) is 4.68 Å². The van der Waals surface area contributed by atoms with E-state index in [-0.39, 0.29) is 11.8 Å². The highest BCUT2D eigenvalue weighted by Crippen LogP contribution is 2.31. The highest BCUT2D eigenvalue weighted by molar-refractivity contribution is 5.95. The topological polar surface area (TPSA) is 76.9 Å². The lowest BCUT2D eigenvalue weighted by atomic mass is 10.0. The minimum absolute atomic E-state index is 0.0246. The third kappa shape index (κ3) is 3.42. The monoisotopic (exact) mass is 396 g/mol. The lowest BCUT2D eigenvalue weighted by Crippen LogP contribution is -2.47. The molecule has 0 N–H and O–H groups in total. The Morgan fingerprint density at radius 2 is 1.76 bits per heavy atom. The van der Waals surface area contributed by atoms with Crippen LogP contribution in [0.25, 0.3) is 0 Å². The van der Waals surface area contributed by atoms with Gasteiger partial charge in [0.1, 0.15) is 5.82 Å².